The summed E-state index contributed by atoms with van der Waals surface area (Å²) in [5.41, 5.74) is 2.39. The van der Waals surface area contributed by atoms with Crippen LogP contribution in [0.1, 0.15) is 24.0 Å². The van der Waals surface area contributed by atoms with Crippen molar-refractivity contribution in [2.75, 3.05) is 13.1 Å². The Hall–Kier alpha value is -1.66. The minimum atomic E-state index is -3.53. The molecule has 0 saturated carbocycles. The molecule has 1 saturated heterocycles. The number of benzene rings is 1. The van der Waals surface area contributed by atoms with E-state index in [1.165, 1.54) is 11.6 Å². The highest BCUT2D eigenvalue weighted by molar-refractivity contribution is 7.89. The predicted octanol–water partition coefficient (Wildman–Crippen LogP) is 1.24. The van der Waals surface area contributed by atoms with Crippen molar-refractivity contribution in [3.8, 4) is 0 Å². The van der Waals surface area contributed by atoms with Crippen LogP contribution in [0.4, 0.5) is 0 Å². The lowest BCUT2D eigenvalue weighted by Crippen LogP contribution is -2.38. The number of aryl methyl sites for hydroxylation is 2. The molecule has 0 unspecified atom stereocenters. The molecule has 5 nitrogen and oxygen atoms in total. The van der Waals surface area contributed by atoms with Gasteiger partial charge in [-0.25, -0.2) is 13.1 Å². The summed E-state index contributed by atoms with van der Waals surface area (Å²) >= 11 is 0. The Bertz CT molecular complexity index is 712. The zero-order valence-electron chi connectivity index (χ0n) is 12.4. The van der Waals surface area contributed by atoms with Crippen molar-refractivity contribution in [1.82, 2.24) is 9.62 Å². The molecule has 1 atom stereocenters. The number of nitrogens with zero attached hydrogens (tertiary/aromatic N) is 1. The van der Waals surface area contributed by atoms with Crippen molar-refractivity contribution in [1.29, 1.82) is 0 Å². The number of amides is 1. The first kappa shape index (κ1) is 15.2. The lowest BCUT2D eigenvalue weighted by Gasteiger charge is -2.16. The molecule has 1 aromatic carbocycles. The van der Waals surface area contributed by atoms with E-state index in [1.54, 1.807) is 17.0 Å². The van der Waals surface area contributed by atoms with Crippen LogP contribution in [-0.2, 0) is 27.7 Å². The van der Waals surface area contributed by atoms with Crippen LogP contribution in [0.3, 0.4) is 0 Å². The smallest absolute Gasteiger partial charge is 0.246 e. The molecule has 0 radical (unpaired) electrons. The first-order valence-corrected chi connectivity index (χ1v) is 9.03. The van der Waals surface area contributed by atoms with Crippen molar-refractivity contribution in [3.05, 3.63) is 42.0 Å². The Morgan fingerprint density at radius 1 is 1.32 bits per heavy atom. The zero-order chi connectivity index (χ0) is 15.7. The number of nitrogens with one attached hydrogen (secondary N) is 1. The molecule has 2 aliphatic rings. The van der Waals surface area contributed by atoms with Gasteiger partial charge < -0.3 is 4.90 Å². The molecule has 3 rings (SSSR count). The second-order valence-electron chi connectivity index (χ2n) is 5.88. The number of sulfonamides is 1. The fourth-order valence-electron chi connectivity index (χ4n) is 3.19. The molecule has 1 N–H and O–H groups in total. The van der Waals surface area contributed by atoms with E-state index < -0.39 is 10.0 Å². The zero-order valence-corrected chi connectivity index (χ0v) is 13.2. The average molecular weight is 320 g/mol. The Labute approximate surface area is 131 Å². The standard InChI is InChI=1S/C16H20N2O3S/c1-2-16(19)18-9-8-14(11-18)17-22(20,21)15-7-6-12-4-3-5-13(12)10-15/h2,6-7,10,14,17H,1,3-5,8-9,11H2/t14-/m1/s1. The lowest BCUT2D eigenvalue weighted by atomic mass is 10.1. The van der Waals surface area contributed by atoms with Crippen molar-refractivity contribution in [2.24, 2.45) is 0 Å². The SMILES string of the molecule is C=CC(=O)N1CC[C@@H](NS(=O)(=O)c2ccc3c(c2)CCC3)C1. The summed E-state index contributed by atoms with van der Waals surface area (Å²) in [4.78, 5) is 13.5. The molecule has 118 valence electrons. The van der Waals surface area contributed by atoms with Gasteiger partial charge in [-0.1, -0.05) is 12.6 Å². The second-order valence-corrected chi connectivity index (χ2v) is 7.59. The topological polar surface area (TPSA) is 66.5 Å². The number of carbonyl (C=O) groups excluding carboxylic acids is 1. The van der Waals surface area contributed by atoms with E-state index >= 15 is 0 Å². The van der Waals surface area contributed by atoms with Gasteiger partial charge in [0.2, 0.25) is 15.9 Å². The van der Waals surface area contributed by atoms with Crippen LogP contribution in [0.2, 0.25) is 0 Å². The highest BCUT2D eigenvalue weighted by Crippen LogP contribution is 2.25. The first-order chi connectivity index (χ1) is 10.5. The number of fused-ring (bicyclic) bond motifs is 1. The molecule has 1 aromatic rings. The largest absolute Gasteiger partial charge is 0.338 e. The molecule has 1 aliphatic heterocycles. The predicted molar refractivity (Wildman–Crippen MR) is 84.0 cm³/mol. The Balaban J connectivity index is 1.72. The Morgan fingerprint density at radius 2 is 2.09 bits per heavy atom. The van der Waals surface area contributed by atoms with E-state index in [-0.39, 0.29) is 11.9 Å². The molecule has 0 spiro atoms. The van der Waals surface area contributed by atoms with Crippen LogP contribution in [-0.4, -0.2) is 38.4 Å². The van der Waals surface area contributed by atoms with Gasteiger partial charge in [-0.3, -0.25) is 4.79 Å². The van der Waals surface area contributed by atoms with Gasteiger partial charge in [0.05, 0.1) is 4.90 Å². The third kappa shape index (κ3) is 2.94. The van der Waals surface area contributed by atoms with Crippen LogP contribution < -0.4 is 4.72 Å². The maximum atomic E-state index is 12.5. The van der Waals surface area contributed by atoms with Crippen LogP contribution in [0.25, 0.3) is 0 Å². The molecule has 1 aliphatic carbocycles. The van der Waals surface area contributed by atoms with Gasteiger partial charge in [0, 0.05) is 19.1 Å². The first-order valence-electron chi connectivity index (χ1n) is 7.55. The molecule has 0 aromatic heterocycles. The number of hydrogen-bond acceptors (Lipinski definition) is 3. The van der Waals surface area contributed by atoms with E-state index in [0.717, 1.165) is 24.8 Å². The van der Waals surface area contributed by atoms with Gasteiger partial charge in [-0.05, 0) is 55.0 Å². The maximum absolute atomic E-state index is 12.5. The summed E-state index contributed by atoms with van der Waals surface area (Å²) in [5.74, 6) is -0.153. The monoisotopic (exact) mass is 320 g/mol. The van der Waals surface area contributed by atoms with Crippen LogP contribution >= 0.6 is 0 Å². The highest BCUT2D eigenvalue weighted by atomic mass is 32.2. The summed E-state index contributed by atoms with van der Waals surface area (Å²) in [7, 11) is -3.53. The molecule has 1 heterocycles. The second kappa shape index (κ2) is 5.85. The van der Waals surface area contributed by atoms with Crippen LogP contribution in [0.5, 0.6) is 0 Å². The van der Waals surface area contributed by atoms with E-state index in [1.807, 2.05) is 6.07 Å². The minimum absolute atomic E-state index is 0.153. The number of carbonyl (C=O) groups is 1. The third-order valence-corrected chi connectivity index (χ3v) is 5.89. The summed E-state index contributed by atoms with van der Waals surface area (Å²) in [5, 5.41) is 0. The van der Waals surface area contributed by atoms with Crippen molar-refractivity contribution < 1.29 is 13.2 Å². The molecule has 0 bridgehead atoms. The van der Waals surface area contributed by atoms with E-state index in [9.17, 15) is 13.2 Å². The van der Waals surface area contributed by atoms with E-state index in [2.05, 4.69) is 11.3 Å². The van der Waals surface area contributed by atoms with Gasteiger partial charge in [0.1, 0.15) is 0 Å². The summed E-state index contributed by atoms with van der Waals surface area (Å²) in [6.07, 6.45) is 4.96. The third-order valence-electron chi connectivity index (χ3n) is 4.38. The maximum Gasteiger partial charge on any atom is 0.246 e. The summed E-state index contributed by atoms with van der Waals surface area (Å²) in [6, 6.07) is 5.14. The minimum Gasteiger partial charge on any atom is -0.338 e. The molecule has 1 amide bonds. The van der Waals surface area contributed by atoms with Gasteiger partial charge in [-0.2, -0.15) is 0 Å². The molecule has 6 heteroatoms. The molecular weight excluding hydrogens is 300 g/mol. The number of rotatable bonds is 4. The number of hydrogen-bond donors (Lipinski definition) is 1. The van der Waals surface area contributed by atoms with Crippen LogP contribution in [0.15, 0.2) is 35.7 Å². The summed E-state index contributed by atoms with van der Waals surface area (Å²) in [6.45, 7) is 4.41. The normalized spacial score (nSPS) is 20.9. The molecule has 22 heavy (non-hydrogen) atoms. The highest BCUT2D eigenvalue weighted by Gasteiger charge is 2.29. The van der Waals surface area contributed by atoms with Crippen LogP contribution in [0, 0.1) is 0 Å². The van der Waals surface area contributed by atoms with Crippen molar-refractivity contribution >= 4 is 15.9 Å². The van der Waals surface area contributed by atoms with Gasteiger partial charge in [-0.15, -0.1) is 0 Å². The van der Waals surface area contributed by atoms with Gasteiger partial charge >= 0.3 is 0 Å². The summed E-state index contributed by atoms with van der Waals surface area (Å²) < 4.78 is 27.7. The van der Waals surface area contributed by atoms with Crippen molar-refractivity contribution in [3.63, 3.8) is 0 Å². The Morgan fingerprint density at radius 3 is 2.86 bits per heavy atom. The fraction of sp³-hybridized carbons (Fsp3) is 0.438. The van der Waals surface area contributed by atoms with Gasteiger partial charge in [0.15, 0.2) is 0 Å². The van der Waals surface area contributed by atoms with Gasteiger partial charge in [0.25, 0.3) is 0 Å². The quantitative estimate of drug-likeness (QED) is 0.849. The van der Waals surface area contributed by atoms with E-state index in [0.29, 0.717) is 24.4 Å². The lowest BCUT2D eigenvalue weighted by molar-refractivity contribution is -0.125. The Kier molecular flexibility index (Phi) is 4.06. The van der Waals surface area contributed by atoms with E-state index in [4.69, 9.17) is 0 Å². The average Bonchev–Trinajstić information content (AvgIpc) is 3.13. The van der Waals surface area contributed by atoms with Crippen molar-refractivity contribution in [2.45, 2.75) is 36.6 Å². The number of likely N-dealkylation sites (tertiary alicyclic amines) is 1. The molecular formula is C16H20N2O3S. The fourth-order valence-corrected chi connectivity index (χ4v) is 4.50. The molecule has 1 fully saturated rings.